The Labute approximate surface area is 118 Å². The third-order valence-electron chi connectivity index (χ3n) is 3.07. The van der Waals surface area contributed by atoms with Crippen molar-refractivity contribution in [3.63, 3.8) is 0 Å². The van der Waals surface area contributed by atoms with E-state index in [-0.39, 0.29) is 0 Å². The number of rotatable bonds is 5. The molecule has 2 rings (SSSR count). The standard InChI is InChI=1S/C13H21ClN2OS/c1-11-10-16(6-2-8-17-11)7-5-15-9-12-3-4-13(14)18-12/h3-4,11,15H,2,5-10H2,1H3. The molecule has 1 N–H and O–H groups in total. The van der Waals surface area contributed by atoms with E-state index in [1.165, 1.54) is 4.88 Å². The predicted molar refractivity (Wildman–Crippen MR) is 77.5 cm³/mol. The Bertz CT molecular complexity index is 359. The molecular formula is C13H21ClN2OS. The summed E-state index contributed by atoms with van der Waals surface area (Å²) in [6, 6.07) is 4.04. The first kappa shape index (κ1) is 14.3. The van der Waals surface area contributed by atoms with Crippen LogP contribution in [0.25, 0.3) is 0 Å². The van der Waals surface area contributed by atoms with Crippen molar-refractivity contribution in [2.24, 2.45) is 0 Å². The van der Waals surface area contributed by atoms with Crippen molar-refractivity contribution in [2.75, 3.05) is 32.8 Å². The van der Waals surface area contributed by atoms with Crippen LogP contribution in [0.2, 0.25) is 4.34 Å². The van der Waals surface area contributed by atoms with Gasteiger partial charge >= 0.3 is 0 Å². The fraction of sp³-hybridized carbons (Fsp3) is 0.692. The normalized spacial score (nSPS) is 22.0. The van der Waals surface area contributed by atoms with Gasteiger partial charge in [-0.1, -0.05) is 11.6 Å². The van der Waals surface area contributed by atoms with E-state index in [1.807, 2.05) is 6.07 Å². The maximum absolute atomic E-state index is 5.90. The highest BCUT2D eigenvalue weighted by atomic mass is 35.5. The van der Waals surface area contributed by atoms with Gasteiger partial charge in [-0.2, -0.15) is 0 Å². The van der Waals surface area contributed by atoms with E-state index in [0.29, 0.717) is 6.10 Å². The van der Waals surface area contributed by atoms with Crippen LogP contribution in [0.3, 0.4) is 0 Å². The Kier molecular flexibility index (Phi) is 5.92. The van der Waals surface area contributed by atoms with Gasteiger partial charge in [0, 0.05) is 44.2 Å². The molecule has 102 valence electrons. The smallest absolute Gasteiger partial charge is 0.0931 e. The Morgan fingerprint density at radius 1 is 1.56 bits per heavy atom. The van der Waals surface area contributed by atoms with Crippen LogP contribution in [-0.4, -0.2) is 43.8 Å². The molecule has 1 atom stereocenters. The second-order valence-corrected chi connectivity index (χ2v) is 6.52. The topological polar surface area (TPSA) is 24.5 Å². The molecule has 0 amide bonds. The summed E-state index contributed by atoms with van der Waals surface area (Å²) in [5, 5.41) is 3.47. The van der Waals surface area contributed by atoms with Crippen LogP contribution in [0, 0.1) is 0 Å². The summed E-state index contributed by atoms with van der Waals surface area (Å²) in [5.74, 6) is 0. The fourth-order valence-corrected chi connectivity index (χ4v) is 3.24. The molecular weight excluding hydrogens is 268 g/mol. The maximum atomic E-state index is 5.90. The minimum atomic E-state index is 0.364. The second-order valence-electron chi connectivity index (χ2n) is 4.72. The largest absolute Gasteiger partial charge is 0.377 e. The number of hydrogen-bond donors (Lipinski definition) is 1. The van der Waals surface area contributed by atoms with Crippen molar-refractivity contribution in [3.05, 3.63) is 21.3 Å². The number of ether oxygens (including phenoxy) is 1. The summed E-state index contributed by atoms with van der Waals surface area (Å²) in [5.41, 5.74) is 0. The zero-order chi connectivity index (χ0) is 12.8. The lowest BCUT2D eigenvalue weighted by molar-refractivity contribution is 0.0679. The van der Waals surface area contributed by atoms with Crippen molar-refractivity contribution in [1.29, 1.82) is 0 Å². The van der Waals surface area contributed by atoms with Gasteiger partial charge in [0.15, 0.2) is 0 Å². The van der Waals surface area contributed by atoms with Crippen LogP contribution in [-0.2, 0) is 11.3 Å². The predicted octanol–water partition coefficient (Wildman–Crippen LogP) is 2.60. The molecule has 1 aliphatic rings. The lowest BCUT2D eigenvalue weighted by Crippen LogP contribution is -2.35. The molecule has 1 fully saturated rings. The van der Waals surface area contributed by atoms with Gasteiger partial charge in [0.25, 0.3) is 0 Å². The summed E-state index contributed by atoms with van der Waals surface area (Å²) in [7, 11) is 0. The zero-order valence-electron chi connectivity index (χ0n) is 10.8. The monoisotopic (exact) mass is 288 g/mol. The van der Waals surface area contributed by atoms with E-state index in [4.69, 9.17) is 16.3 Å². The molecule has 0 radical (unpaired) electrons. The quantitative estimate of drug-likeness (QED) is 0.843. The van der Waals surface area contributed by atoms with Crippen LogP contribution in [0.15, 0.2) is 12.1 Å². The average Bonchev–Trinajstić information content (AvgIpc) is 2.63. The SMILES string of the molecule is CC1CN(CCNCc2ccc(Cl)s2)CCCO1. The lowest BCUT2D eigenvalue weighted by atomic mass is 10.3. The third kappa shape index (κ3) is 4.86. The average molecular weight is 289 g/mol. The number of thiophene rings is 1. The van der Waals surface area contributed by atoms with Gasteiger partial charge in [0.05, 0.1) is 10.4 Å². The van der Waals surface area contributed by atoms with E-state index in [2.05, 4.69) is 23.2 Å². The van der Waals surface area contributed by atoms with Gasteiger partial charge in [0.1, 0.15) is 0 Å². The minimum Gasteiger partial charge on any atom is -0.377 e. The van der Waals surface area contributed by atoms with E-state index in [0.717, 1.165) is 50.1 Å². The van der Waals surface area contributed by atoms with Gasteiger partial charge in [-0.3, -0.25) is 4.90 Å². The Morgan fingerprint density at radius 3 is 3.22 bits per heavy atom. The number of hydrogen-bond acceptors (Lipinski definition) is 4. The first-order valence-corrected chi connectivity index (χ1v) is 7.72. The van der Waals surface area contributed by atoms with Crippen molar-refractivity contribution in [1.82, 2.24) is 10.2 Å². The van der Waals surface area contributed by atoms with Crippen LogP contribution in [0.4, 0.5) is 0 Å². The van der Waals surface area contributed by atoms with E-state index in [1.54, 1.807) is 11.3 Å². The van der Waals surface area contributed by atoms with Gasteiger partial charge < -0.3 is 10.1 Å². The Hall–Kier alpha value is -0.130. The Balaban J connectivity index is 1.62. The van der Waals surface area contributed by atoms with E-state index in [9.17, 15) is 0 Å². The molecule has 0 bridgehead atoms. The number of nitrogens with one attached hydrogen (secondary N) is 1. The Morgan fingerprint density at radius 2 is 2.44 bits per heavy atom. The highest BCUT2D eigenvalue weighted by molar-refractivity contribution is 7.16. The highest BCUT2D eigenvalue weighted by Crippen LogP contribution is 2.20. The molecule has 0 aromatic carbocycles. The van der Waals surface area contributed by atoms with Crippen molar-refractivity contribution in [3.8, 4) is 0 Å². The van der Waals surface area contributed by atoms with E-state index >= 15 is 0 Å². The van der Waals surface area contributed by atoms with E-state index < -0.39 is 0 Å². The second kappa shape index (κ2) is 7.46. The van der Waals surface area contributed by atoms with Crippen LogP contribution in [0.5, 0.6) is 0 Å². The van der Waals surface area contributed by atoms with Crippen LogP contribution < -0.4 is 5.32 Å². The number of halogens is 1. The molecule has 18 heavy (non-hydrogen) atoms. The fourth-order valence-electron chi connectivity index (χ4n) is 2.18. The molecule has 1 aromatic heterocycles. The van der Waals surface area contributed by atoms with Crippen molar-refractivity contribution >= 4 is 22.9 Å². The summed E-state index contributed by atoms with van der Waals surface area (Å²) >= 11 is 7.54. The summed E-state index contributed by atoms with van der Waals surface area (Å²) in [6.07, 6.45) is 1.51. The minimum absolute atomic E-state index is 0.364. The molecule has 1 aromatic rings. The molecule has 1 saturated heterocycles. The van der Waals surface area contributed by atoms with Gasteiger partial charge in [-0.25, -0.2) is 0 Å². The number of nitrogens with zero attached hydrogens (tertiary/aromatic N) is 1. The molecule has 5 heteroatoms. The van der Waals surface area contributed by atoms with Crippen LogP contribution in [0.1, 0.15) is 18.2 Å². The molecule has 0 aliphatic carbocycles. The first-order chi connectivity index (χ1) is 8.74. The molecule has 3 nitrogen and oxygen atoms in total. The molecule has 1 aliphatic heterocycles. The summed E-state index contributed by atoms with van der Waals surface area (Å²) in [6.45, 7) is 8.27. The molecule has 2 heterocycles. The third-order valence-corrected chi connectivity index (χ3v) is 4.30. The molecule has 1 unspecified atom stereocenters. The van der Waals surface area contributed by atoms with Gasteiger partial charge in [0.2, 0.25) is 0 Å². The lowest BCUT2D eigenvalue weighted by Gasteiger charge is -2.21. The summed E-state index contributed by atoms with van der Waals surface area (Å²) < 4.78 is 6.50. The van der Waals surface area contributed by atoms with Crippen molar-refractivity contribution in [2.45, 2.75) is 26.0 Å². The summed E-state index contributed by atoms with van der Waals surface area (Å²) in [4.78, 5) is 3.78. The zero-order valence-corrected chi connectivity index (χ0v) is 12.4. The molecule has 0 spiro atoms. The van der Waals surface area contributed by atoms with Gasteiger partial charge in [-0.15, -0.1) is 11.3 Å². The van der Waals surface area contributed by atoms with Gasteiger partial charge in [-0.05, 0) is 25.5 Å². The molecule has 0 saturated carbocycles. The maximum Gasteiger partial charge on any atom is 0.0931 e. The van der Waals surface area contributed by atoms with Crippen molar-refractivity contribution < 1.29 is 4.74 Å². The first-order valence-electron chi connectivity index (χ1n) is 6.53. The van der Waals surface area contributed by atoms with Crippen LogP contribution >= 0.6 is 22.9 Å². The highest BCUT2D eigenvalue weighted by Gasteiger charge is 2.13.